The average Bonchev–Trinajstić information content (AvgIpc) is 3.02. The molecule has 0 spiro atoms. The minimum atomic E-state index is -0.282. The highest BCUT2D eigenvalue weighted by Gasteiger charge is 2.20. The molecule has 2 aromatic heterocycles. The fraction of sp³-hybridized carbons (Fsp3) is 0.688. The van der Waals surface area contributed by atoms with Crippen molar-refractivity contribution in [1.82, 2.24) is 19.1 Å². The van der Waals surface area contributed by atoms with Crippen LogP contribution in [-0.2, 0) is 13.1 Å². The van der Waals surface area contributed by atoms with Gasteiger partial charge in [0, 0.05) is 13.1 Å². The second kappa shape index (κ2) is 6.50. The van der Waals surface area contributed by atoms with E-state index in [1.54, 1.807) is 4.57 Å². The number of H-pyrrole nitrogens is 1. The first-order valence-electron chi connectivity index (χ1n) is 8.31. The van der Waals surface area contributed by atoms with E-state index in [1.807, 2.05) is 0 Å². The van der Waals surface area contributed by atoms with Crippen molar-refractivity contribution < 1.29 is 0 Å². The molecule has 1 saturated carbocycles. The van der Waals surface area contributed by atoms with Gasteiger partial charge in [-0.3, -0.25) is 13.9 Å². The lowest BCUT2D eigenvalue weighted by Crippen LogP contribution is -2.42. The van der Waals surface area contributed by atoms with Gasteiger partial charge in [0.15, 0.2) is 11.8 Å². The molecule has 6 nitrogen and oxygen atoms in total. The summed E-state index contributed by atoms with van der Waals surface area (Å²) >= 11 is 0. The number of aromatic amines is 1. The van der Waals surface area contributed by atoms with Crippen LogP contribution in [0.2, 0.25) is 0 Å². The van der Waals surface area contributed by atoms with Gasteiger partial charge in [-0.15, -0.1) is 0 Å². The lowest BCUT2D eigenvalue weighted by molar-refractivity contribution is 0.309. The second-order valence-electron chi connectivity index (χ2n) is 6.25. The van der Waals surface area contributed by atoms with E-state index in [2.05, 4.69) is 23.2 Å². The number of nitrogens with zero attached hydrogens (tertiary/aromatic N) is 3. The summed E-state index contributed by atoms with van der Waals surface area (Å²) in [5.74, 6) is 0.430. The maximum absolute atomic E-state index is 12.7. The van der Waals surface area contributed by atoms with Gasteiger partial charge in [-0.1, -0.05) is 32.6 Å². The number of unbranched alkanes of at least 4 members (excludes halogenated alkanes) is 1. The Hall–Kier alpha value is -1.85. The maximum atomic E-state index is 12.7. The number of aromatic nitrogens is 4. The van der Waals surface area contributed by atoms with Crippen molar-refractivity contribution in [3.8, 4) is 0 Å². The molecule has 1 aliphatic rings. The van der Waals surface area contributed by atoms with Crippen molar-refractivity contribution in [2.45, 2.75) is 65.0 Å². The van der Waals surface area contributed by atoms with Crippen LogP contribution in [0.25, 0.3) is 11.2 Å². The number of rotatable bonds is 5. The molecule has 1 N–H and O–H groups in total. The van der Waals surface area contributed by atoms with E-state index in [4.69, 9.17) is 0 Å². The lowest BCUT2D eigenvalue weighted by atomic mass is 9.89. The van der Waals surface area contributed by atoms with E-state index in [-0.39, 0.29) is 11.2 Å². The van der Waals surface area contributed by atoms with Crippen LogP contribution in [0.3, 0.4) is 0 Å². The molecule has 0 atom stereocenters. The van der Waals surface area contributed by atoms with E-state index in [1.165, 1.54) is 23.8 Å². The van der Waals surface area contributed by atoms with Gasteiger partial charge in [-0.05, 0) is 25.2 Å². The Balaban J connectivity index is 2.04. The fourth-order valence-corrected chi connectivity index (χ4v) is 3.36. The molecular formula is C16H23N4O2. The van der Waals surface area contributed by atoms with Crippen LogP contribution in [0.4, 0.5) is 0 Å². The van der Waals surface area contributed by atoms with E-state index < -0.39 is 0 Å². The highest BCUT2D eigenvalue weighted by Crippen LogP contribution is 2.24. The first-order valence-corrected chi connectivity index (χ1v) is 8.31. The lowest BCUT2D eigenvalue weighted by Gasteiger charge is -2.22. The number of imidazole rings is 1. The van der Waals surface area contributed by atoms with Crippen molar-refractivity contribution in [1.29, 1.82) is 0 Å². The summed E-state index contributed by atoms with van der Waals surface area (Å²) in [5.41, 5.74) is 0.333. The SMILES string of the molecule is CCCCn1c(=O)n(CC2CCCCC2)c(=O)c2n[c][nH]c21. The molecule has 1 radical (unpaired) electrons. The highest BCUT2D eigenvalue weighted by molar-refractivity contribution is 5.68. The average molecular weight is 303 g/mol. The Labute approximate surface area is 129 Å². The number of hydrogen-bond acceptors (Lipinski definition) is 3. The van der Waals surface area contributed by atoms with E-state index >= 15 is 0 Å². The monoisotopic (exact) mass is 303 g/mol. The number of hydrogen-bond donors (Lipinski definition) is 1. The van der Waals surface area contributed by atoms with Crippen LogP contribution in [0.5, 0.6) is 0 Å². The summed E-state index contributed by atoms with van der Waals surface area (Å²) in [7, 11) is 0. The van der Waals surface area contributed by atoms with Crippen molar-refractivity contribution in [2.75, 3.05) is 0 Å². The summed E-state index contributed by atoms with van der Waals surface area (Å²) in [6.07, 6.45) is 10.4. The van der Waals surface area contributed by atoms with Crippen molar-refractivity contribution in [3.63, 3.8) is 0 Å². The molecule has 2 aromatic rings. The van der Waals surface area contributed by atoms with Crippen molar-refractivity contribution in [3.05, 3.63) is 27.2 Å². The molecule has 0 amide bonds. The molecular weight excluding hydrogens is 280 g/mol. The van der Waals surface area contributed by atoms with Crippen LogP contribution in [0.1, 0.15) is 51.9 Å². The molecule has 1 aliphatic carbocycles. The van der Waals surface area contributed by atoms with E-state index in [9.17, 15) is 9.59 Å². The second-order valence-corrected chi connectivity index (χ2v) is 6.25. The minimum absolute atomic E-state index is 0.214. The topological polar surface area (TPSA) is 72.7 Å². The smallest absolute Gasteiger partial charge is 0.321 e. The van der Waals surface area contributed by atoms with Gasteiger partial charge >= 0.3 is 5.69 Å². The van der Waals surface area contributed by atoms with Gasteiger partial charge < -0.3 is 4.98 Å². The third-order valence-corrected chi connectivity index (χ3v) is 4.65. The summed E-state index contributed by atoms with van der Waals surface area (Å²) < 4.78 is 3.04. The molecule has 0 bridgehead atoms. The molecule has 22 heavy (non-hydrogen) atoms. The summed E-state index contributed by atoms with van der Waals surface area (Å²) in [5, 5.41) is 0. The van der Waals surface area contributed by atoms with Crippen molar-refractivity contribution in [2.24, 2.45) is 5.92 Å². The Morgan fingerprint density at radius 3 is 2.73 bits per heavy atom. The van der Waals surface area contributed by atoms with Crippen LogP contribution < -0.4 is 11.2 Å². The predicted molar refractivity (Wildman–Crippen MR) is 84.9 cm³/mol. The van der Waals surface area contributed by atoms with Gasteiger partial charge in [0.05, 0.1) is 0 Å². The Morgan fingerprint density at radius 2 is 2.00 bits per heavy atom. The van der Waals surface area contributed by atoms with Crippen LogP contribution >= 0.6 is 0 Å². The Kier molecular flexibility index (Phi) is 4.45. The quantitative estimate of drug-likeness (QED) is 0.919. The first kappa shape index (κ1) is 15.1. The molecule has 6 heteroatoms. The van der Waals surface area contributed by atoms with Gasteiger partial charge in [-0.25, -0.2) is 9.78 Å². The van der Waals surface area contributed by atoms with Crippen LogP contribution in [-0.4, -0.2) is 19.1 Å². The zero-order chi connectivity index (χ0) is 15.5. The number of fused-ring (bicyclic) bond motifs is 1. The zero-order valence-corrected chi connectivity index (χ0v) is 13.1. The third kappa shape index (κ3) is 2.74. The normalized spacial score (nSPS) is 16.4. The number of nitrogens with one attached hydrogen (secondary N) is 1. The molecule has 3 rings (SSSR count). The standard InChI is InChI=1S/C16H23N4O2/c1-2-3-9-19-14-13(17-11-18-14)15(21)20(16(19)22)10-12-7-5-4-6-8-12/h12H,2-10H2,1H3,(H,17,18). The summed E-state index contributed by atoms with van der Waals surface area (Å²) in [6.45, 7) is 3.21. The maximum Gasteiger partial charge on any atom is 0.332 e. The summed E-state index contributed by atoms with van der Waals surface area (Å²) in [4.78, 5) is 32.1. The van der Waals surface area contributed by atoms with E-state index in [0.29, 0.717) is 30.2 Å². The van der Waals surface area contributed by atoms with Crippen LogP contribution in [0, 0.1) is 12.2 Å². The Bertz CT molecular complexity index is 750. The van der Waals surface area contributed by atoms with Crippen molar-refractivity contribution >= 4 is 11.2 Å². The molecule has 0 aliphatic heterocycles. The molecule has 0 unspecified atom stereocenters. The Morgan fingerprint density at radius 1 is 1.23 bits per heavy atom. The molecule has 0 saturated heterocycles. The minimum Gasteiger partial charge on any atom is -0.321 e. The highest BCUT2D eigenvalue weighted by atomic mass is 16.2. The summed E-state index contributed by atoms with van der Waals surface area (Å²) in [6, 6.07) is 0. The molecule has 2 heterocycles. The predicted octanol–water partition coefficient (Wildman–Crippen LogP) is 2.07. The third-order valence-electron chi connectivity index (χ3n) is 4.65. The fourth-order valence-electron chi connectivity index (χ4n) is 3.36. The molecule has 1 fully saturated rings. The molecule has 0 aromatic carbocycles. The number of aryl methyl sites for hydroxylation is 1. The van der Waals surface area contributed by atoms with E-state index in [0.717, 1.165) is 25.7 Å². The largest absolute Gasteiger partial charge is 0.332 e. The van der Waals surface area contributed by atoms with Gasteiger partial charge in [-0.2, -0.15) is 0 Å². The van der Waals surface area contributed by atoms with Gasteiger partial charge in [0.1, 0.15) is 5.65 Å². The molecule has 119 valence electrons. The van der Waals surface area contributed by atoms with Crippen LogP contribution in [0.15, 0.2) is 9.59 Å². The first-order chi connectivity index (χ1) is 10.7. The zero-order valence-electron chi connectivity index (χ0n) is 13.1. The van der Waals surface area contributed by atoms with Gasteiger partial charge in [0.25, 0.3) is 5.56 Å². The van der Waals surface area contributed by atoms with Gasteiger partial charge in [0.2, 0.25) is 0 Å².